The van der Waals surface area contributed by atoms with Gasteiger partial charge in [0.25, 0.3) is 10.0 Å². The Morgan fingerprint density at radius 2 is 1.79 bits per heavy atom. The summed E-state index contributed by atoms with van der Waals surface area (Å²) in [6.07, 6.45) is -0.491. The highest BCUT2D eigenvalue weighted by molar-refractivity contribution is 7.93. The van der Waals surface area contributed by atoms with E-state index in [4.69, 9.17) is 11.6 Å². The van der Waals surface area contributed by atoms with Crippen molar-refractivity contribution in [2.45, 2.75) is 31.2 Å². The molecular weight excluding hydrogens is 481 g/mol. The molecule has 176 valence electrons. The zero-order chi connectivity index (χ0) is 24.6. The smallest absolute Gasteiger partial charge is 0.265 e. The molecule has 4 rings (SSSR count). The molecular formula is C24H21ClFN3O4S. The van der Waals surface area contributed by atoms with Crippen LogP contribution in [-0.2, 0) is 19.6 Å². The van der Waals surface area contributed by atoms with Crippen LogP contribution in [0.15, 0.2) is 65.6 Å². The molecule has 0 aliphatic carbocycles. The standard InChI is InChI=1S/C24H21ClFN3O4S/c1-14-8-10-17(26)12-19(14)27-23(30)13-21-24(31)28-18-5-3-4-6-20(18)29(21)34(32,33)22-11-16(25)9-7-15(22)2/h3-12,21H,13H2,1-2H3,(H,27,30)(H,28,31). The van der Waals surface area contributed by atoms with E-state index in [0.29, 0.717) is 16.8 Å². The molecule has 0 saturated heterocycles. The molecule has 0 aromatic heterocycles. The lowest BCUT2D eigenvalue weighted by atomic mass is 10.1. The van der Waals surface area contributed by atoms with Crippen LogP contribution in [-0.4, -0.2) is 26.3 Å². The predicted molar refractivity (Wildman–Crippen MR) is 129 cm³/mol. The average Bonchev–Trinajstić information content (AvgIpc) is 2.78. The monoisotopic (exact) mass is 501 g/mol. The number of amides is 2. The van der Waals surface area contributed by atoms with Crippen molar-refractivity contribution >= 4 is 50.5 Å². The van der Waals surface area contributed by atoms with Crippen molar-refractivity contribution in [3.05, 3.63) is 82.6 Å². The summed E-state index contributed by atoms with van der Waals surface area (Å²) in [5, 5.41) is 5.46. The fourth-order valence-electron chi connectivity index (χ4n) is 3.80. The number of nitrogens with zero attached hydrogens (tertiary/aromatic N) is 1. The van der Waals surface area contributed by atoms with E-state index in [1.165, 1.54) is 18.2 Å². The third-order valence-corrected chi connectivity index (χ3v) is 7.72. The maximum Gasteiger partial charge on any atom is 0.265 e. The molecule has 0 saturated carbocycles. The first-order chi connectivity index (χ1) is 16.1. The Kier molecular flexibility index (Phi) is 6.33. The Balaban J connectivity index is 1.76. The molecule has 7 nitrogen and oxygen atoms in total. The minimum atomic E-state index is -4.30. The van der Waals surface area contributed by atoms with Gasteiger partial charge in [0.2, 0.25) is 11.8 Å². The molecule has 1 aliphatic heterocycles. The van der Waals surface area contributed by atoms with Gasteiger partial charge in [-0.05, 0) is 61.4 Å². The van der Waals surface area contributed by atoms with Gasteiger partial charge in [-0.2, -0.15) is 0 Å². The number of carbonyl (C=O) groups is 2. The highest BCUT2D eigenvalue weighted by Crippen LogP contribution is 2.38. The van der Waals surface area contributed by atoms with E-state index in [1.807, 2.05) is 0 Å². The molecule has 10 heteroatoms. The molecule has 1 unspecified atom stereocenters. The lowest BCUT2D eigenvalue weighted by Gasteiger charge is -2.37. The lowest BCUT2D eigenvalue weighted by molar-refractivity contribution is -0.122. The van der Waals surface area contributed by atoms with E-state index in [1.54, 1.807) is 50.2 Å². The highest BCUT2D eigenvalue weighted by Gasteiger charge is 2.42. The molecule has 1 aliphatic rings. The number of nitrogens with one attached hydrogen (secondary N) is 2. The first-order valence-corrected chi connectivity index (χ1v) is 12.2. The summed E-state index contributed by atoms with van der Waals surface area (Å²) in [7, 11) is -4.30. The molecule has 3 aromatic carbocycles. The van der Waals surface area contributed by atoms with Crippen molar-refractivity contribution in [1.82, 2.24) is 0 Å². The van der Waals surface area contributed by atoms with Gasteiger partial charge in [0.1, 0.15) is 11.9 Å². The lowest BCUT2D eigenvalue weighted by Crippen LogP contribution is -2.52. The molecule has 0 bridgehead atoms. The number of para-hydroxylation sites is 2. The molecule has 1 atom stereocenters. The number of hydrogen-bond acceptors (Lipinski definition) is 4. The quantitative estimate of drug-likeness (QED) is 0.532. The summed E-state index contributed by atoms with van der Waals surface area (Å²) in [5.41, 5.74) is 1.81. The van der Waals surface area contributed by atoms with Crippen LogP contribution in [0.25, 0.3) is 0 Å². The third kappa shape index (κ3) is 4.49. The van der Waals surface area contributed by atoms with Gasteiger partial charge in [-0.1, -0.05) is 35.9 Å². The van der Waals surface area contributed by atoms with Crippen LogP contribution < -0.4 is 14.9 Å². The van der Waals surface area contributed by atoms with Crippen LogP contribution in [0.2, 0.25) is 5.02 Å². The van der Waals surface area contributed by atoms with E-state index >= 15 is 0 Å². The fraction of sp³-hybridized carbons (Fsp3) is 0.167. The van der Waals surface area contributed by atoms with E-state index < -0.39 is 40.1 Å². The van der Waals surface area contributed by atoms with Gasteiger partial charge in [0.05, 0.1) is 22.7 Å². The molecule has 0 radical (unpaired) electrons. The minimum absolute atomic E-state index is 0.0733. The van der Waals surface area contributed by atoms with Crippen LogP contribution in [0.1, 0.15) is 17.5 Å². The third-order valence-electron chi connectivity index (χ3n) is 5.52. The number of anilines is 3. The SMILES string of the molecule is Cc1ccc(F)cc1NC(=O)CC1C(=O)Nc2ccccc2N1S(=O)(=O)c1cc(Cl)ccc1C. The first-order valence-electron chi connectivity index (χ1n) is 10.3. The van der Waals surface area contributed by atoms with Crippen LogP contribution in [0.4, 0.5) is 21.5 Å². The molecule has 0 fully saturated rings. The second-order valence-electron chi connectivity index (χ2n) is 7.94. The van der Waals surface area contributed by atoms with Crippen molar-refractivity contribution < 1.29 is 22.4 Å². The van der Waals surface area contributed by atoms with E-state index in [-0.39, 0.29) is 21.3 Å². The van der Waals surface area contributed by atoms with Gasteiger partial charge >= 0.3 is 0 Å². The Morgan fingerprint density at radius 1 is 1.09 bits per heavy atom. The van der Waals surface area contributed by atoms with Crippen molar-refractivity contribution in [3.8, 4) is 0 Å². The predicted octanol–water partition coefficient (Wildman–Crippen LogP) is 4.64. The second kappa shape index (κ2) is 9.08. The maximum atomic E-state index is 13.8. The molecule has 2 amide bonds. The molecule has 3 aromatic rings. The number of sulfonamides is 1. The summed E-state index contributed by atoms with van der Waals surface area (Å²) < 4.78 is 42.2. The number of carbonyl (C=O) groups excluding carboxylic acids is 2. The number of halogens is 2. The number of rotatable bonds is 5. The molecule has 34 heavy (non-hydrogen) atoms. The van der Waals surface area contributed by atoms with Crippen molar-refractivity contribution in [1.29, 1.82) is 0 Å². The normalized spacial score (nSPS) is 15.5. The average molecular weight is 502 g/mol. The second-order valence-corrected chi connectivity index (χ2v) is 10.2. The van der Waals surface area contributed by atoms with Crippen LogP contribution in [0.5, 0.6) is 0 Å². The van der Waals surface area contributed by atoms with Crippen LogP contribution in [0, 0.1) is 19.7 Å². The van der Waals surface area contributed by atoms with Crippen molar-refractivity contribution in [2.75, 3.05) is 14.9 Å². The Labute approximate surface area is 201 Å². The summed E-state index contributed by atoms with van der Waals surface area (Å²) in [5.74, 6) is -1.84. The van der Waals surface area contributed by atoms with Crippen molar-refractivity contribution in [3.63, 3.8) is 0 Å². The Bertz CT molecular complexity index is 1410. The highest BCUT2D eigenvalue weighted by atomic mass is 35.5. The largest absolute Gasteiger partial charge is 0.326 e. The molecule has 2 N–H and O–H groups in total. The van der Waals surface area contributed by atoms with Gasteiger partial charge in [-0.3, -0.25) is 13.9 Å². The van der Waals surface area contributed by atoms with Gasteiger partial charge < -0.3 is 10.6 Å². The van der Waals surface area contributed by atoms with E-state index in [9.17, 15) is 22.4 Å². The van der Waals surface area contributed by atoms with Crippen molar-refractivity contribution in [2.24, 2.45) is 0 Å². The maximum absolute atomic E-state index is 13.8. The van der Waals surface area contributed by atoms with Gasteiger partial charge in [-0.25, -0.2) is 12.8 Å². The van der Waals surface area contributed by atoms with E-state index in [0.717, 1.165) is 10.4 Å². The first kappa shape index (κ1) is 23.7. The summed E-state index contributed by atoms with van der Waals surface area (Å²) in [6, 6.07) is 13.4. The summed E-state index contributed by atoms with van der Waals surface area (Å²) in [4.78, 5) is 25.8. The number of fused-ring (bicyclic) bond motifs is 1. The van der Waals surface area contributed by atoms with Gasteiger partial charge in [0, 0.05) is 10.7 Å². The summed E-state index contributed by atoms with van der Waals surface area (Å²) in [6.45, 7) is 3.31. The molecule has 1 heterocycles. The zero-order valence-electron chi connectivity index (χ0n) is 18.3. The topological polar surface area (TPSA) is 95.6 Å². The number of aryl methyl sites for hydroxylation is 2. The zero-order valence-corrected chi connectivity index (χ0v) is 19.9. The Morgan fingerprint density at radius 3 is 2.56 bits per heavy atom. The van der Waals surface area contributed by atoms with Gasteiger partial charge in [-0.15, -0.1) is 0 Å². The van der Waals surface area contributed by atoms with E-state index in [2.05, 4.69) is 10.6 Å². The van der Waals surface area contributed by atoms with Gasteiger partial charge in [0.15, 0.2) is 0 Å². The molecule has 0 spiro atoms. The van der Waals surface area contributed by atoms with Crippen LogP contribution in [0.3, 0.4) is 0 Å². The summed E-state index contributed by atoms with van der Waals surface area (Å²) >= 11 is 6.07. The fourth-order valence-corrected chi connectivity index (χ4v) is 5.92. The van der Waals surface area contributed by atoms with Crippen LogP contribution >= 0.6 is 11.6 Å². The number of hydrogen-bond donors (Lipinski definition) is 2. The minimum Gasteiger partial charge on any atom is -0.326 e. The number of benzene rings is 3. The Hall–Kier alpha value is -3.43.